The maximum Gasteiger partial charge on any atom is -0.0297 e. The van der Waals surface area contributed by atoms with Gasteiger partial charge in [-0.25, -0.2) is 0 Å². The maximum atomic E-state index is 2.51. The highest BCUT2D eigenvalue weighted by Crippen LogP contribution is 2.38. The van der Waals surface area contributed by atoms with E-state index in [9.17, 15) is 0 Å². The fourth-order valence-electron chi connectivity index (χ4n) is 2.38. The molecule has 1 atom stereocenters. The zero-order valence-electron chi connectivity index (χ0n) is 10.6. The zero-order valence-corrected chi connectivity index (χ0v) is 10.6. The summed E-state index contributed by atoms with van der Waals surface area (Å²) in [7, 11) is 0. The van der Waals surface area contributed by atoms with Crippen LogP contribution in [-0.2, 0) is 0 Å². The first kappa shape index (κ1) is 11.8. The van der Waals surface area contributed by atoms with Crippen molar-refractivity contribution in [2.45, 2.75) is 60.3 Å². The highest BCUT2D eigenvalue weighted by Gasteiger charge is 2.25. The summed E-state index contributed by atoms with van der Waals surface area (Å²) in [4.78, 5) is 0. The van der Waals surface area contributed by atoms with Gasteiger partial charge in [0.15, 0.2) is 0 Å². The summed E-state index contributed by atoms with van der Waals surface area (Å²) in [6.07, 6.45) is 7.89. The van der Waals surface area contributed by atoms with Crippen molar-refractivity contribution in [2.75, 3.05) is 0 Å². The largest absolute Gasteiger partial charge is 0.0850 e. The first-order valence-corrected chi connectivity index (χ1v) is 6.07. The third-order valence-corrected chi connectivity index (χ3v) is 3.40. The van der Waals surface area contributed by atoms with Crippen LogP contribution in [-0.4, -0.2) is 0 Å². The van der Waals surface area contributed by atoms with Crippen LogP contribution in [0.25, 0.3) is 0 Å². The van der Waals surface area contributed by atoms with E-state index in [-0.39, 0.29) is 0 Å². The summed E-state index contributed by atoms with van der Waals surface area (Å²) in [5.74, 6) is 1.73. The highest BCUT2D eigenvalue weighted by molar-refractivity contribution is 5.08. The lowest BCUT2D eigenvalue weighted by atomic mass is 9.72. The van der Waals surface area contributed by atoms with Crippen molar-refractivity contribution in [3.05, 3.63) is 11.6 Å². The number of rotatable bonds is 2. The number of hydrogen-bond acceptors (Lipinski definition) is 0. The van der Waals surface area contributed by atoms with Crippen LogP contribution in [0.3, 0.4) is 0 Å². The summed E-state index contributed by atoms with van der Waals surface area (Å²) >= 11 is 0. The van der Waals surface area contributed by atoms with Crippen LogP contribution in [0.1, 0.15) is 60.3 Å². The average molecular weight is 194 g/mol. The molecule has 0 bridgehead atoms. The Kier molecular flexibility index (Phi) is 3.80. The Morgan fingerprint density at radius 1 is 1.36 bits per heavy atom. The minimum Gasteiger partial charge on any atom is -0.0850 e. The SMILES string of the molecule is CC(C)CC1=CCC(C(C)(C)C)CC1. The highest BCUT2D eigenvalue weighted by atomic mass is 14.3. The predicted molar refractivity (Wildman–Crippen MR) is 64.3 cm³/mol. The van der Waals surface area contributed by atoms with Crippen LogP contribution in [0, 0.1) is 17.3 Å². The van der Waals surface area contributed by atoms with E-state index in [1.54, 1.807) is 5.57 Å². The van der Waals surface area contributed by atoms with Gasteiger partial charge in [0.1, 0.15) is 0 Å². The van der Waals surface area contributed by atoms with Crippen molar-refractivity contribution in [1.82, 2.24) is 0 Å². The molecular formula is C14H26. The van der Waals surface area contributed by atoms with E-state index in [1.807, 2.05) is 0 Å². The Morgan fingerprint density at radius 3 is 2.36 bits per heavy atom. The van der Waals surface area contributed by atoms with Crippen molar-refractivity contribution in [1.29, 1.82) is 0 Å². The number of hydrogen-bond donors (Lipinski definition) is 0. The monoisotopic (exact) mass is 194 g/mol. The Balaban J connectivity index is 2.47. The molecule has 1 rings (SSSR count). The van der Waals surface area contributed by atoms with Gasteiger partial charge in [0.25, 0.3) is 0 Å². The van der Waals surface area contributed by atoms with Gasteiger partial charge in [-0.1, -0.05) is 46.3 Å². The van der Waals surface area contributed by atoms with Crippen LogP contribution < -0.4 is 0 Å². The van der Waals surface area contributed by atoms with E-state index in [0.29, 0.717) is 5.41 Å². The molecule has 0 aromatic heterocycles. The van der Waals surface area contributed by atoms with Gasteiger partial charge in [0, 0.05) is 0 Å². The van der Waals surface area contributed by atoms with Crippen LogP contribution in [0.2, 0.25) is 0 Å². The second kappa shape index (κ2) is 4.51. The first-order valence-electron chi connectivity index (χ1n) is 6.07. The van der Waals surface area contributed by atoms with E-state index in [4.69, 9.17) is 0 Å². The van der Waals surface area contributed by atoms with E-state index < -0.39 is 0 Å². The van der Waals surface area contributed by atoms with E-state index in [0.717, 1.165) is 11.8 Å². The lowest BCUT2D eigenvalue weighted by molar-refractivity contribution is 0.219. The zero-order chi connectivity index (χ0) is 10.8. The Hall–Kier alpha value is -0.260. The van der Waals surface area contributed by atoms with Gasteiger partial charge in [0.2, 0.25) is 0 Å². The van der Waals surface area contributed by atoms with Crippen molar-refractivity contribution >= 4 is 0 Å². The minimum absolute atomic E-state index is 0.500. The average Bonchev–Trinajstić information content (AvgIpc) is 2.02. The van der Waals surface area contributed by atoms with Gasteiger partial charge < -0.3 is 0 Å². The summed E-state index contributed by atoms with van der Waals surface area (Å²) in [6.45, 7) is 11.8. The molecule has 1 unspecified atom stereocenters. The van der Waals surface area contributed by atoms with E-state index in [1.165, 1.54) is 25.7 Å². The standard InChI is InChI=1S/C14H26/c1-11(2)10-12-6-8-13(9-7-12)14(3,4)5/h6,11,13H,7-10H2,1-5H3. The first-order chi connectivity index (χ1) is 6.39. The molecule has 0 heteroatoms. The molecule has 0 aromatic rings. The van der Waals surface area contributed by atoms with Crippen LogP contribution >= 0.6 is 0 Å². The van der Waals surface area contributed by atoms with Gasteiger partial charge >= 0.3 is 0 Å². The second-order valence-corrected chi connectivity index (χ2v) is 6.30. The van der Waals surface area contributed by atoms with Crippen LogP contribution in [0.15, 0.2) is 11.6 Å². The summed E-state index contributed by atoms with van der Waals surface area (Å²) in [5.41, 5.74) is 2.21. The fourth-order valence-corrected chi connectivity index (χ4v) is 2.38. The molecule has 0 fully saturated rings. The normalized spacial score (nSPS) is 23.9. The Morgan fingerprint density at radius 2 is 2.00 bits per heavy atom. The summed E-state index contributed by atoms with van der Waals surface area (Å²) in [5, 5.41) is 0. The molecule has 0 spiro atoms. The topological polar surface area (TPSA) is 0 Å². The van der Waals surface area contributed by atoms with E-state index in [2.05, 4.69) is 40.7 Å². The molecule has 0 radical (unpaired) electrons. The molecule has 0 aliphatic heterocycles. The maximum absolute atomic E-state index is 2.51. The lowest BCUT2D eigenvalue weighted by Crippen LogP contribution is -2.22. The molecule has 0 heterocycles. The molecule has 0 N–H and O–H groups in total. The van der Waals surface area contributed by atoms with Crippen LogP contribution in [0.4, 0.5) is 0 Å². The predicted octanol–water partition coefficient (Wildman–Crippen LogP) is 4.81. The molecule has 0 nitrogen and oxygen atoms in total. The molecule has 0 saturated heterocycles. The van der Waals surface area contributed by atoms with Crippen molar-refractivity contribution in [3.63, 3.8) is 0 Å². The van der Waals surface area contributed by atoms with Gasteiger partial charge in [-0.05, 0) is 42.9 Å². The van der Waals surface area contributed by atoms with E-state index >= 15 is 0 Å². The molecule has 1 aliphatic carbocycles. The van der Waals surface area contributed by atoms with Gasteiger partial charge in [-0.15, -0.1) is 0 Å². The quantitative estimate of drug-likeness (QED) is 0.554. The van der Waals surface area contributed by atoms with Gasteiger partial charge in [-0.3, -0.25) is 0 Å². The third-order valence-electron chi connectivity index (χ3n) is 3.40. The molecule has 1 aliphatic rings. The fraction of sp³-hybridized carbons (Fsp3) is 0.857. The second-order valence-electron chi connectivity index (χ2n) is 6.30. The smallest absolute Gasteiger partial charge is 0.0297 e. The van der Waals surface area contributed by atoms with Gasteiger partial charge in [-0.2, -0.15) is 0 Å². The molecule has 0 amide bonds. The van der Waals surface area contributed by atoms with Crippen molar-refractivity contribution in [2.24, 2.45) is 17.3 Å². The molecule has 0 aromatic carbocycles. The molecule has 0 saturated carbocycles. The molecular weight excluding hydrogens is 168 g/mol. The minimum atomic E-state index is 0.500. The summed E-state index contributed by atoms with van der Waals surface area (Å²) < 4.78 is 0. The lowest BCUT2D eigenvalue weighted by Gasteiger charge is -2.33. The van der Waals surface area contributed by atoms with Crippen molar-refractivity contribution < 1.29 is 0 Å². The Labute approximate surface area is 89.8 Å². The van der Waals surface area contributed by atoms with Crippen LogP contribution in [0.5, 0.6) is 0 Å². The van der Waals surface area contributed by atoms with Crippen molar-refractivity contribution in [3.8, 4) is 0 Å². The number of allylic oxidation sites excluding steroid dienone is 2. The van der Waals surface area contributed by atoms with Gasteiger partial charge in [0.05, 0.1) is 0 Å². The summed E-state index contributed by atoms with van der Waals surface area (Å²) in [6, 6.07) is 0. The molecule has 82 valence electrons. The third kappa shape index (κ3) is 3.48. The Bertz CT molecular complexity index is 203. The molecule has 14 heavy (non-hydrogen) atoms.